The average molecular weight is 770 g/mol. The van der Waals surface area contributed by atoms with E-state index < -0.39 is 58.1 Å². The van der Waals surface area contributed by atoms with E-state index in [0.29, 0.717) is 52.1 Å². The molecule has 0 atom stereocenters. The summed E-state index contributed by atoms with van der Waals surface area (Å²) in [6.45, 7) is 0. The molecule has 2 aromatic heterocycles. The summed E-state index contributed by atoms with van der Waals surface area (Å²) in [5, 5.41) is 10.3. The van der Waals surface area contributed by atoms with Crippen LogP contribution in [0.3, 0.4) is 0 Å². The van der Waals surface area contributed by atoms with E-state index >= 15 is 0 Å². The van der Waals surface area contributed by atoms with Crippen LogP contribution in [0.15, 0.2) is 116 Å². The van der Waals surface area contributed by atoms with Gasteiger partial charge in [0.15, 0.2) is 0 Å². The minimum Gasteiger partial charge on any atom is -0.309 e. The van der Waals surface area contributed by atoms with Crippen molar-refractivity contribution in [3.63, 3.8) is 0 Å². The summed E-state index contributed by atoms with van der Waals surface area (Å²) in [5.41, 5.74) is -5.00. The van der Waals surface area contributed by atoms with Gasteiger partial charge in [-0.3, -0.25) is 4.98 Å². The maximum absolute atomic E-state index is 13.8. The molecule has 5 aromatic carbocycles. The van der Waals surface area contributed by atoms with Crippen LogP contribution in [-0.4, -0.2) is 9.55 Å². The Morgan fingerprint density at radius 1 is 0.418 bits per heavy atom. The average Bonchev–Trinajstić information content (AvgIpc) is 3.46. The van der Waals surface area contributed by atoms with E-state index in [1.807, 2.05) is 0 Å². The van der Waals surface area contributed by atoms with Crippen molar-refractivity contribution in [2.75, 3.05) is 0 Å². The highest BCUT2D eigenvalue weighted by Gasteiger charge is 2.38. The van der Waals surface area contributed by atoms with Crippen LogP contribution >= 0.6 is 0 Å². The van der Waals surface area contributed by atoms with Crippen LogP contribution in [0.25, 0.3) is 60.9 Å². The second-order valence-electron chi connectivity index (χ2n) is 12.5. The van der Waals surface area contributed by atoms with Gasteiger partial charge in [0.1, 0.15) is 0 Å². The van der Waals surface area contributed by atoms with Gasteiger partial charge in [0.25, 0.3) is 0 Å². The quantitative estimate of drug-likeness (QED) is 0.167. The number of halogens is 12. The monoisotopic (exact) mass is 769 g/mol. The molecule has 2 heterocycles. The first-order chi connectivity index (χ1) is 25.7. The maximum Gasteiger partial charge on any atom is 0.416 e. The first-order valence-electron chi connectivity index (χ1n) is 15.8. The van der Waals surface area contributed by atoms with Crippen molar-refractivity contribution in [3.05, 3.63) is 143 Å². The highest BCUT2D eigenvalue weighted by molar-refractivity contribution is 6.11. The molecule has 15 heteroatoms. The lowest BCUT2D eigenvalue weighted by atomic mass is 9.96. The Bertz CT molecular complexity index is 2460. The number of nitriles is 1. The molecular weight excluding hydrogens is 750 g/mol. The van der Waals surface area contributed by atoms with Gasteiger partial charge in [-0.15, -0.1) is 0 Å². The first kappa shape index (κ1) is 37.0. The highest BCUT2D eigenvalue weighted by atomic mass is 19.4. The first-order valence-corrected chi connectivity index (χ1v) is 15.8. The van der Waals surface area contributed by atoms with Gasteiger partial charge < -0.3 is 4.57 Å². The third-order valence-corrected chi connectivity index (χ3v) is 8.93. The molecule has 278 valence electrons. The normalized spacial score (nSPS) is 12.7. The van der Waals surface area contributed by atoms with Gasteiger partial charge >= 0.3 is 24.7 Å². The van der Waals surface area contributed by atoms with Crippen LogP contribution in [0, 0.1) is 11.3 Å². The fourth-order valence-corrected chi connectivity index (χ4v) is 6.42. The van der Waals surface area contributed by atoms with Crippen molar-refractivity contribution in [3.8, 4) is 45.1 Å². The molecule has 0 amide bonds. The predicted octanol–water partition coefficient (Wildman–Crippen LogP) is 13.1. The number of hydrogen-bond donors (Lipinski definition) is 0. The number of nitrogens with zero attached hydrogens (tertiary/aromatic N) is 3. The van der Waals surface area contributed by atoms with Crippen LogP contribution in [0.4, 0.5) is 52.7 Å². The molecule has 0 unspecified atom stereocenters. The zero-order valence-electron chi connectivity index (χ0n) is 27.3. The lowest BCUT2D eigenvalue weighted by molar-refractivity contribution is -0.144. The molecule has 55 heavy (non-hydrogen) atoms. The van der Waals surface area contributed by atoms with Crippen molar-refractivity contribution >= 4 is 21.8 Å². The molecular formula is C40H19F12N3. The van der Waals surface area contributed by atoms with Crippen molar-refractivity contribution < 1.29 is 52.7 Å². The van der Waals surface area contributed by atoms with Crippen LogP contribution in [-0.2, 0) is 24.7 Å². The molecule has 0 saturated heterocycles. The Balaban J connectivity index is 1.54. The summed E-state index contributed by atoms with van der Waals surface area (Å²) >= 11 is 0. The zero-order chi connectivity index (χ0) is 39.7. The Labute approximate surface area is 302 Å². The van der Waals surface area contributed by atoms with E-state index in [-0.39, 0.29) is 39.6 Å². The topological polar surface area (TPSA) is 41.6 Å². The highest BCUT2D eigenvalue weighted by Crippen LogP contribution is 2.43. The molecule has 0 saturated carbocycles. The van der Waals surface area contributed by atoms with E-state index in [9.17, 15) is 57.9 Å². The standard InChI is InChI=1S/C40H19F12N3/c41-37(42,43)28-11-26(12-29(18-28)38(44,45)46)23-1-3-35-33(16-23)34-17-24(27-13-30(39(47,48)49)19-31(14-27)40(50,51)52)2-4-36(34)55(35)32-10-21(20-53)9-25(15-32)22-5-7-54-8-6-22/h1-19H. The molecule has 7 aromatic rings. The Morgan fingerprint density at radius 3 is 1.20 bits per heavy atom. The minimum absolute atomic E-state index is 0.0208. The smallest absolute Gasteiger partial charge is 0.309 e. The summed E-state index contributed by atoms with van der Waals surface area (Å²) < 4.78 is 167. The maximum atomic E-state index is 13.8. The number of fused-ring (bicyclic) bond motifs is 3. The van der Waals surface area contributed by atoms with Gasteiger partial charge in [-0.05, 0) is 124 Å². The molecule has 0 aliphatic carbocycles. The molecule has 0 bridgehead atoms. The molecule has 0 aliphatic rings. The largest absolute Gasteiger partial charge is 0.416 e. The summed E-state index contributed by atoms with van der Waals surface area (Å²) in [6.07, 6.45) is -17.6. The Morgan fingerprint density at radius 2 is 0.818 bits per heavy atom. The molecule has 3 nitrogen and oxygen atoms in total. The molecule has 7 rings (SSSR count). The van der Waals surface area contributed by atoms with Crippen LogP contribution in [0.1, 0.15) is 27.8 Å². The molecule has 0 radical (unpaired) electrons. The van der Waals surface area contributed by atoms with Gasteiger partial charge in [0.05, 0.1) is 44.9 Å². The number of benzene rings is 5. The Kier molecular flexibility index (Phi) is 8.71. The third-order valence-electron chi connectivity index (χ3n) is 8.93. The fraction of sp³-hybridized carbons (Fsp3) is 0.100. The number of hydrogen-bond acceptors (Lipinski definition) is 2. The molecule has 0 spiro atoms. The van der Waals surface area contributed by atoms with Gasteiger partial charge in [0.2, 0.25) is 0 Å². The Hall–Kier alpha value is -6.30. The van der Waals surface area contributed by atoms with Gasteiger partial charge in [-0.25, -0.2) is 0 Å². The van der Waals surface area contributed by atoms with Gasteiger partial charge in [-0.1, -0.05) is 12.1 Å². The third kappa shape index (κ3) is 7.19. The van der Waals surface area contributed by atoms with Crippen LogP contribution in [0.5, 0.6) is 0 Å². The van der Waals surface area contributed by atoms with Gasteiger partial charge in [0, 0.05) is 28.9 Å². The second kappa shape index (κ2) is 12.9. The summed E-state index contributed by atoms with van der Waals surface area (Å²) in [6, 6.07) is 20.3. The summed E-state index contributed by atoms with van der Waals surface area (Å²) in [5.74, 6) is 0. The van der Waals surface area contributed by atoms with Crippen molar-refractivity contribution in [1.82, 2.24) is 9.55 Å². The number of aromatic nitrogens is 2. The van der Waals surface area contributed by atoms with Gasteiger partial charge in [-0.2, -0.15) is 57.9 Å². The lowest BCUT2D eigenvalue weighted by Gasteiger charge is -2.15. The van der Waals surface area contributed by atoms with Crippen LogP contribution in [0.2, 0.25) is 0 Å². The predicted molar refractivity (Wildman–Crippen MR) is 180 cm³/mol. The van der Waals surface area contributed by atoms with E-state index in [0.717, 1.165) is 0 Å². The van der Waals surface area contributed by atoms with Crippen molar-refractivity contribution in [1.29, 1.82) is 5.26 Å². The number of alkyl halides is 12. The lowest BCUT2D eigenvalue weighted by Crippen LogP contribution is -2.11. The van der Waals surface area contributed by atoms with Crippen LogP contribution < -0.4 is 0 Å². The minimum atomic E-state index is -5.15. The van der Waals surface area contributed by atoms with E-state index in [1.54, 1.807) is 28.8 Å². The van der Waals surface area contributed by atoms with Crippen molar-refractivity contribution in [2.24, 2.45) is 0 Å². The molecule has 0 fully saturated rings. The van der Waals surface area contributed by atoms with E-state index in [4.69, 9.17) is 0 Å². The number of rotatable bonds is 4. The summed E-state index contributed by atoms with van der Waals surface area (Å²) in [7, 11) is 0. The molecule has 0 N–H and O–H groups in total. The van der Waals surface area contributed by atoms with E-state index in [1.165, 1.54) is 54.9 Å². The zero-order valence-corrected chi connectivity index (χ0v) is 27.3. The summed E-state index contributed by atoms with van der Waals surface area (Å²) in [4.78, 5) is 3.99. The molecule has 0 aliphatic heterocycles. The SMILES string of the molecule is N#Cc1cc(-c2ccncc2)cc(-n2c3ccc(-c4cc(C(F)(F)F)cc(C(F)(F)F)c4)cc3c3cc(-c4cc(C(F)(F)F)cc(C(F)(F)F)c4)ccc32)c1. The number of pyridine rings is 1. The fourth-order valence-electron chi connectivity index (χ4n) is 6.42. The van der Waals surface area contributed by atoms with Crippen molar-refractivity contribution in [2.45, 2.75) is 24.7 Å². The second-order valence-corrected chi connectivity index (χ2v) is 12.5. The van der Waals surface area contributed by atoms with E-state index in [2.05, 4.69) is 11.1 Å².